The summed E-state index contributed by atoms with van der Waals surface area (Å²) in [7, 11) is 0. The van der Waals surface area contributed by atoms with Gasteiger partial charge in [0, 0.05) is 6.54 Å². The van der Waals surface area contributed by atoms with Crippen molar-refractivity contribution in [2.45, 2.75) is 32.9 Å². The number of amides is 1. The van der Waals surface area contributed by atoms with E-state index in [4.69, 9.17) is 4.74 Å². The minimum absolute atomic E-state index is 0.399. The Labute approximate surface area is 87.8 Å². The summed E-state index contributed by atoms with van der Waals surface area (Å²) in [5.41, 5.74) is -0.481. The molecule has 1 rings (SSSR count). The van der Waals surface area contributed by atoms with Gasteiger partial charge in [0.15, 0.2) is 0 Å². The van der Waals surface area contributed by atoms with Gasteiger partial charge in [0.1, 0.15) is 5.60 Å². The van der Waals surface area contributed by atoms with Crippen LogP contribution in [-0.2, 0) is 11.3 Å². The third-order valence-corrected chi connectivity index (χ3v) is 1.34. The second kappa shape index (κ2) is 4.72. The van der Waals surface area contributed by atoms with Gasteiger partial charge in [0.2, 0.25) is 6.33 Å². The number of rotatable bonds is 3. The third kappa shape index (κ3) is 4.94. The van der Waals surface area contributed by atoms with Gasteiger partial charge in [-0.25, -0.2) is 9.48 Å². The van der Waals surface area contributed by atoms with E-state index in [9.17, 15) is 4.79 Å². The molecule has 0 aliphatic carbocycles. The first-order valence-corrected chi connectivity index (χ1v) is 4.58. The van der Waals surface area contributed by atoms with Crippen molar-refractivity contribution in [3.8, 4) is 0 Å². The first-order valence-electron chi connectivity index (χ1n) is 4.58. The van der Waals surface area contributed by atoms with E-state index in [0.717, 1.165) is 0 Å². The predicted molar refractivity (Wildman–Crippen MR) is 50.9 cm³/mol. The summed E-state index contributed by atoms with van der Waals surface area (Å²) in [5.74, 6) is 0. The van der Waals surface area contributed by atoms with Gasteiger partial charge in [-0.3, -0.25) is 0 Å². The van der Waals surface area contributed by atoms with Gasteiger partial charge in [-0.1, -0.05) is 0 Å². The van der Waals surface area contributed by atoms with E-state index < -0.39 is 11.7 Å². The van der Waals surface area contributed by atoms with Gasteiger partial charge in [-0.15, -0.1) is 5.10 Å². The second-order valence-corrected chi connectivity index (χ2v) is 3.93. The van der Waals surface area contributed by atoms with Crippen LogP contribution in [0.25, 0.3) is 0 Å². The van der Waals surface area contributed by atoms with Gasteiger partial charge in [-0.05, 0) is 31.2 Å². The first kappa shape index (κ1) is 11.4. The molecule has 15 heavy (non-hydrogen) atoms. The van der Waals surface area contributed by atoms with Crippen LogP contribution in [0.1, 0.15) is 20.8 Å². The Morgan fingerprint density at radius 3 is 2.80 bits per heavy atom. The summed E-state index contributed by atoms with van der Waals surface area (Å²) in [6, 6.07) is 0. The Morgan fingerprint density at radius 1 is 1.53 bits per heavy atom. The molecule has 0 unspecified atom stereocenters. The highest BCUT2D eigenvalue weighted by atomic mass is 16.6. The Hall–Kier alpha value is -1.66. The number of nitrogens with one attached hydrogen (secondary N) is 1. The molecule has 0 saturated carbocycles. The van der Waals surface area contributed by atoms with Crippen LogP contribution >= 0.6 is 0 Å². The van der Waals surface area contributed by atoms with E-state index in [-0.39, 0.29) is 0 Å². The highest BCUT2D eigenvalue weighted by Gasteiger charge is 2.15. The summed E-state index contributed by atoms with van der Waals surface area (Å²) in [4.78, 5) is 11.2. The summed E-state index contributed by atoms with van der Waals surface area (Å²) < 4.78 is 6.44. The van der Waals surface area contributed by atoms with Crippen LogP contribution in [-0.4, -0.2) is 38.4 Å². The third-order valence-electron chi connectivity index (χ3n) is 1.34. The van der Waals surface area contributed by atoms with Gasteiger partial charge in [0.25, 0.3) is 0 Å². The van der Waals surface area contributed by atoms with Crippen LogP contribution in [0, 0.1) is 6.33 Å². The van der Waals surface area contributed by atoms with Crippen LogP contribution in [0.4, 0.5) is 4.79 Å². The van der Waals surface area contributed by atoms with Gasteiger partial charge < -0.3 is 10.1 Å². The van der Waals surface area contributed by atoms with Gasteiger partial charge in [-0.2, -0.15) is 0 Å². The zero-order valence-corrected chi connectivity index (χ0v) is 9.02. The minimum Gasteiger partial charge on any atom is -0.444 e. The molecule has 1 aromatic rings. The number of alkyl carbamates (subject to hydrolysis) is 1. The number of aromatic nitrogens is 4. The van der Waals surface area contributed by atoms with Crippen molar-refractivity contribution in [3.05, 3.63) is 6.33 Å². The van der Waals surface area contributed by atoms with Crippen molar-refractivity contribution in [1.82, 2.24) is 25.5 Å². The molecule has 1 aromatic heterocycles. The molecule has 0 aromatic carbocycles. The Morgan fingerprint density at radius 2 is 2.27 bits per heavy atom. The van der Waals surface area contributed by atoms with E-state index in [0.29, 0.717) is 13.1 Å². The fourth-order valence-electron chi connectivity index (χ4n) is 0.833. The Bertz CT molecular complexity index is 303. The fraction of sp³-hybridized carbons (Fsp3) is 0.750. The number of ether oxygens (including phenoxy) is 1. The summed E-state index contributed by atoms with van der Waals surface area (Å²) in [5, 5.41) is 12.9. The van der Waals surface area contributed by atoms with E-state index in [1.165, 1.54) is 4.68 Å². The van der Waals surface area contributed by atoms with E-state index in [1.54, 1.807) is 0 Å². The molecular formula is C8H14N5O2. The van der Waals surface area contributed by atoms with Crippen LogP contribution in [0.3, 0.4) is 0 Å². The molecule has 0 saturated heterocycles. The normalized spacial score (nSPS) is 11.1. The zero-order valence-electron chi connectivity index (χ0n) is 9.02. The maximum absolute atomic E-state index is 11.2. The molecule has 1 amide bonds. The Kier molecular flexibility index (Phi) is 3.59. The van der Waals surface area contributed by atoms with Crippen LogP contribution < -0.4 is 5.32 Å². The fourth-order valence-corrected chi connectivity index (χ4v) is 0.833. The van der Waals surface area contributed by atoms with E-state index >= 15 is 0 Å². The van der Waals surface area contributed by atoms with E-state index in [1.807, 2.05) is 20.8 Å². The van der Waals surface area contributed by atoms with Crippen molar-refractivity contribution in [2.24, 2.45) is 0 Å². The molecule has 83 valence electrons. The highest BCUT2D eigenvalue weighted by Crippen LogP contribution is 2.05. The molecule has 0 aliphatic heterocycles. The maximum Gasteiger partial charge on any atom is 0.407 e. The average Bonchev–Trinajstić information content (AvgIpc) is 2.53. The minimum atomic E-state index is -0.481. The number of tetrazole rings is 1. The molecule has 7 nitrogen and oxygen atoms in total. The highest BCUT2D eigenvalue weighted by molar-refractivity contribution is 5.67. The van der Waals surface area contributed by atoms with Crippen LogP contribution in [0.15, 0.2) is 0 Å². The zero-order chi connectivity index (χ0) is 11.3. The SMILES string of the molecule is CC(C)(C)OC(=O)NCCn1[c]nnn1. The number of carbonyl (C=O) groups is 1. The second-order valence-electron chi connectivity index (χ2n) is 3.93. The van der Waals surface area contributed by atoms with E-state index in [2.05, 4.69) is 27.2 Å². The smallest absolute Gasteiger partial charge is 0.407 e. The van der Waals surface area contributed by atoms with Crippen molar-refractivity contribution in [2.75, 3.05) is 6.54 Å². The topological polar surface area (TPSA) is 81.9 Å². The molecule has 7 heteroatoms. The Balaban J connectivity index is 2.18. The lowest BCUT2D eigenvalue weighted by molar-refractivity contribution is 0.0525. The molecule has 1 N–H and O–H groups in total. The average molecular weight is 212 g/mol. The molecule has 1 heterocycles. The molecule has 0 atom stereocenters. The quantitative estimate of drug-likeness (QED) is 0.762. The molecular weight excluding hydrogens is 198 g/mol. The number of hydrogen-bond donors (Lipinski definition) is 1. The van der Waals surface area contributed by atoms with Gasteiger partial charge >= 0.3 is 6.09 Å². The molecule has 1 radical (unpaired) electrons. The predicted octanol–water partition coefficient (Wildman–Crippen LogP) is -0.00201. The summed E-state index contributed by atoms with van der Waals surface area (Å²) >= 11 is 0. The molecule has 0 bridgehead atoms. The molecule has 0 aliphatic rings. The molecule has 0 spiro atoms. The monoisotopic (exact) mass is 212 g/mol. The van der Waals surface area contributed by atoms with Gasteiger partial charge in [0.05, 0.1) is 6.54 Å². The standard InChI is InChI=1S/C8H14N5O2/c1-8(2,3)15-7(14)9-4-5-13-6-10-11-12-13/h4-5H2,1-3H3,(H,9,14). The lowest BCUT2D eigenvalue weighted by Gasteiger charge is -2.19. The van der Waals surface area contributed by atoms with Crippen LogP contribution in [0.5, 0.6) is 0 Å². The lowest BCUT2D eigenvalue weighted by Crippen LogP contribution is -2.34. The first-order chi connectivity index (χ1) is 6.97. The van der Waals surface area contributed by atoms with Crippen molar-refractivity contribution < 1.29 is 9.53 Å². The largest absolute Gasteiger partial charge is 0.444 e. The van der Waals surface area contributed by atoms with Crippen molar-refractivity contribution >= 4 is 6.09 Å². The van der Waals surface area contributed by atoms with Crippen LogP contribution in [0.2, 0.25) is 0 Å². The number of nitrogens with zero attached hydrogens (tertiary/aromatic N) is 4. The lowest BCUT2D eigenvalue weighted by atomic mass is 10.2. The summed E-state index contributed by atoms with van der Waals surface area (Å²) in [6.45, 7) is 6.29. The summed E-state index contributed by atoms with van der Waals surface area (Å²) in [6.07, 6.45) is 2.06. The molecule has 0 fully saturated rings. The van der Waals surface area contributed by atoms with Crippen molar-refractivity contribution in [3.63, 3.8) is 0 Å². The van der Waals surface area contributed by atoms with Crippen molar-refractivity contribution in [1.29, 1.82) is 0 Å². The number of hydrogen-bond acceptors (Lipinski definition) is 5. The maximum atomic E-state index is 11.2. The number of carbonyl (C=O) groups excluding carboxylic acids is 1.